The molecule has 2 nitrogen and oxygen atoms in total. The molecule has 0 aromatic heterocycles. The molecule has 2 N–H and O–H groups in total. The van der Waals surface area contributed by atoms with E-state index in [0.29, 0.717) is 0 Å². The van der Waals surface area contributed by atoms with Gasteiger partial charge in [0.1, 0.15) is 6.61 Å². The highest BCUT2D eigenvalue weighted by Gasteiger charge is 2.06. The first-order valence-corrected chi connectivity index (χ1v) is 6.38. The van der Waals surface area contributed by atoms with Crippen molar-refractivity contribution in [3.63, 3.8) is 0 Å². The van der Waals surface area contributed by atoms with Gasteiger partial charge < -0.3 is 10.5 Å². The van der Waals surface area contributed by atoms with Crippen LogP contribution in [0.3, 0.4) is 0 Å². The number of ether oxygens (including phenoxy) is 1. The maximum atomic E-state index is 13.7. The fraction of sp³-hybridized carbons (Fsp3) is 0.176. The second-order valence-electron chi connectivity index (χ2n) is 4.44. The van der Waals surface area contributed by atoms with Gasteiger partial charge in [0.2, 0.25) is 0 Å². The van der Waals surface area contributed by atoms with Crippen molar-refractivity contribution >= 4 is 0 Å². The summed E-state index contributed by atoms with van der Waals surface area (Å²) in [6.07, 6.45) is 0. The van der Waals surface area contributed by atoms with Crippen LogP contribution < -0.4 is 10.5 Å². The Bertz CT molecular complexity index is 626. The quantitative estimate of drug-likeness (QED) is 0.868. The summed E-state index contributed by atoms with van der Waals surface area (Å²) in [5.41, 5.74) is 7.34. The van der Waals surface area contributed by atoms with Gasteiger partial charge in [0, 0.05) is 11.6 Å². The Morgan fingerprint density at radius 2 is 1.95 bits per heavy atom. The minimum Gasteiger partial charge on any atom is -0.478 e. The van der Waals surface area contributed by atoms with Gasteiger partial charge in [-0.3, -0.25) is 0 Å². The minimum absolute atomic E-state index is 0.142. The van der Waals surface area contributed by atoms with Crippen LogP contribution in [0.2, 0.25) is 0 Å². The third kappa shape index (κ3) is 3.84. The van der Waals surface area contributed by atoms with Crippen molar-refractivity contribution in [2.75, 3.05) is 6.61 Å². The molecule has 1 unspecified atom stereocenters. The lowest BCUT2D eigenvalue weighted by atomic mass is 10.1. The molecule has 2 aromatic carbocycles. The first-order valence-electron chi connectivity index (χ1n) is 6.38. The van der Waals surface area contributed by atoms with Crippen LogP contribution in [0.4, 0.5) is 4.39 Å². The summed E-state index contributed by atoms with van der Waals surface area (Å²) in [4.78, 5) is 0. The number of halogens is 1. The van der Waals surface area contributed by atoms with Crippen molar-refractivity contribution in [3.05, 3.63) is 65.5 Å². The predicted molar refractivity (Wildman–Crippen MR) is 77.8 cm³/mol. The largest absolute Gasteiger partial charge is 0.478 e. The maximum Gasteiger partial charge on any atom is 0.165 e. The summed E-state index contributed by atoms with van der Waals surface area (Å²) >= 11 is 0. The van der Waals surface area contributed by atoms with E-state index >= 15 is 0 Å². The van der Waals surface area contributed by atoms with Crippen molar-refractivity contribution in [3.8, 4) is 17.6 Å². The van der Waals surface area contributed by atoms with E-state index in [2.05, 4.69) is 11.8 Å². The summed E-state index contributed by atoms with van der Waals surface area (Å²) in [7, 11) is 0. The van der Waals surface area contributed by atoms with Gasteiger partial charge in [-0.05, 0) is 36.8 Å². The topological polar surface area (TPSA) is 35.2 Å². The Morgan fingerprint density at radius 3 is 2.60 bits per heavy atom. The zero-order chi connectivity index (χ0) is 14.4. The number of rotatable bonds is 3. The molecule has 0 aliphatic heterocycles. The Balaban J connectivity index is 1.97. The molecule has 102 valence electrons. The Morgan fingerprint density at radius 1 is 1.20 bits per heavy atom. The fourth-order valence-corrected chi connectivity index (χ4v) is 1.69. The molecule has 20 heavy (non-hydrogen) atoms. The van der Waals surface area contributed by atoms with E-state index in [9.17, 15) is 4.39 Å². The highest BCUT2D eigenvalue weighted by molar-refractivity contribution is 5.34. The lowest BCUT2D eigenvalue weighted by Crippen LogP contribution is -2.06. The third-order valence-corrected chi connectivity index (χ3v) is 2.79. The number of hydrogen-bond acceptors (Lipinski definition) is 2. The van der Waals surface area contributed by atoms with Gasteiger partial charge in [0.25, 0.3) is 0 Å². The Labute approximate surface area is 118 Å². The van der Waals surface area contributed by atoms with Gasteiger partial charge in [-0.1, -0.05) is 36.1 Å². The molecule has 0 spiro atoms. The van der Waals surface area contributed by atoms with Crippen LogP contribution in [0.15, 0.2) is 48.5 Å². The normalized spacial score (nSPS) is 11.3. The smallest absolute Gasteiger partial charge is 0.165 e. The summed E-state index contributed by atoms with van der Waals surface area (Å²) in [5.74, 6) is 5.57. The van der Waals surface area contributed by atoms with Crippen molar-refractivity contribution in [1.29, 1.82) is 0 Å². The van der Waals surface area contributed by atoms with E-state index in [-0.39, 0.29) is 18.4 Å². The summed E-state index contributed by atoms with van der Waals surface area (Å²) in [5, 5.41) is 0. The molecule has 0 bridgehead atoms. The van der Waals surface area contributed by atoms with Crippen LogP contribution in [0.1, 0.15) is 24.1 Å². The molecule has 3 heteroatoms. The molecule has 0 radical (unpaired) electrons. The van der Waals surface area contributed by atoms with Crippen molar-refractivity contribution < 1.29 is 9.13 Å². The van der Waals surface area contributed by atoms with Gasteiger partial charge in [0.15, 0.2) is 11.6 Å². The van der Waals surface area contributed by atoms with Gasteiger partial charge in [-0.15, -0.1) is 0 Å². The monoisotopic (exact) mass is 269 g/mol. The molecule has 0 aliphatic rings. The zero-order valence-electron chi connectivity index (χ0n) is 11.3. The fourth-order valence-electron chi connectivity index (χ4n) is 1.69. The van der Waals surface area contributed by atoms with Crippen LogP contribution in [0.25, 0.3) is 0 Å². The summed E-state index contributed by atoms with van der Waals surface area (Å²) in [6, 6.07) is 14.1. The van der Waals surface area contributed by atoms with Crippen LogP contribution in [-0.4, -0.2) is 6.61 Å². The van der Waals surface area contributed by atoms with Crippen LogP contribution in [0.5, 0.6) is 5.75 Å². The molecule has 2 rings (SSSR count). The molecule has 0 amide bonds. The highest BCUT2D eigenvalue weighted by Crippen LogP contribution is 2.20. The lowest BCUT2D eigenvalue weighted by molar-refractivity contribution is 0.347. The first kappa shape index (κ1) is 14.1. The zero-order valence-corrected chi connectivity index (χ0v) is 11.3. The van der Waals surface area contributed by atoms with Crippen molar-refractivity contribution in [2.24, 2.45) is 5.73 Å². The van der Waals surface area contributed by atoms with Gasteiger partial charge in [0.05, 0.1) is 0 Å². The molecule has 0 saturated heterocycles. The van der Waals surface area contributed by atoms with Crippen LogP contribution in [-0.2, 0) is 0 Å². The van der Waals surface area contributed by atoms with Crippen molar-refractivity contribution in [1.82, 2.24) is 0 Å². The van der Waals surface area contributed by atoms with Gasteiger partial charge >= 0.3 is 0 Å². The molecule has 0 heterocycles. The number of hydrogen-bond donors (Lipinski definition) is 1. The average molecular weight is 269 g/mol. The first-order chi connectivity index (χ1) is 9.66. The van der Waals surface area contributed by atoms with Crippen LogP contribution in [0, 0.1) is 17.7 Å². The molecular formula is C17H16FNO. The summed E-state index contributed by atoms with van der Waals surface area (Å²) < 4.78 is 19.0. The number of benzene rings is 2. The summed E-state index contributed by atoms with van der Waals surface area (Å²) in [6.45, 7) is 1.95. The second-order valence-corrected chi connectivity index (χ2v) is 4.44. The number of nitrogens with two attached hydrogens (primary N) is 1. The molecule has 0 saturated carbocycles. The molecule has 1 atom stereocenters. The highest BCUT2D eigenvalue weighted by atomic mass is 19.1. The average Bonchev–Trinajstić information content (AvgIpc) is 2.46. The SMILES string of the molecule is CC(N)c1ccc(OCC#Cc2ccccc2)c(F)c1. The molecular weight excluding hydrogens is 253 g/mol. The van der Waals surface area contributed by atoms with E-state index in [1.807, 2.05) is 30.3 Å². The van der Waals surface area contributed by atoms with Crippen molar-refractivity contribution in [2.45, 2.75) is 13.0 Å². The van der Waals surface area contributed by atoms with E-state index in [4.69, 9.17) is 10.5 Å². The van der Waals surface area contributed by atoms with Gasteiger partial charge in [-0.25, -0.2) is 4.39 Å². The Hall–Kier alpha value is -2.31. The molecule has 0 aliphatic carbocycles. The maximum absolute atomic E-state index is 13.7. The predicted octanol–water partition coefficient (Wildman–Crippen LogP) is 3.28. The van der Waals surface area contributed by atoms with E-state index in [1.165, 1.54) is 6.07 Å². The molecule has 2 aromatic rings. The molecule has 0 fully saturated rings. The third-order valence-electron chi connectivity index (χ3n) is 2.79. The van der Waals surface area contributed by atoms with E-state index in [1.54, 1.807) is 19.1 Å². The van der Waals surface area contributed by atoms with E-state index < -0.39 is 5.82 Å². The second kappa shape index (κ2) is 6.74. The van der Waals surface area contributed by atoms with Gasteiger partial charge in [-0.2, -0.15) is 0 Å². The Kier molecular flexibility index (Phi) is 4.75. The van der Waals surface area contributed by atoms with Crippen LogP contribution >= 0.6 is 0 Å². The standard InChI is InChI=1S/C17H16FNO/c1-13(19)15-9-10-17(16(18)12-15)20-11-5-8-14-6-3-2-4-7-14/h2-4,6-7,9-10,12-13H,11,19H2,1H3. The lowest BCUT2D eigenvalue weighted by Gasteiger charge is -2.08. The minimum atomic E-state index is -0.415. The van der Waals surface area contributed by atoms with E-state index in [0.717, 1.165) is 11.1 Å².